The zero-order chi connectivity index (χ0) is 25.4. The van der Waals surface area contributed by atoms with E-state index in [-0.39, 0.29) is 11.4 Å². The Balaban J connectivity index is 1.53. The van der Waals surface area contributed by atoms with Crippen molar-refractivity contribution in [1.29, 1.82) is 0 Å². The van der Waals surface area contributed by atoms with E-state index in [2.05, 4.69) is 43.8 Å². The van der Waals surface area contributed by atoms with Crippen LogP contribution in [0.5, 0.6) is 0 Å². The molecule has 0 radical (unpaired) electrons. The lowest BCUT2D eigenvalue weighted by atomic mass is 9.80. The molecule has 3 aromatic rings. The molecule has 5 rings (SSSR count). The first-order valence-electron chi connectivity index (χ1n) is 12.0. The van der Waals surface area contributed by atoms with Gasteiger partial charge in [-0.15, -0.1) is 0 Å². The molecular weight excluding hydrogens is 488 g/mol. The van der Waals surface area contributed by atoms with Crippen LogP contribution < -0.4 is 4.90 Å². The highest BCUT2D eigenvalue weighted by Crippen LogP contribution is 2.45. The number of hydrogen-bond donors (Lipinski definition) is 0. The molecule has 1 aromatic heterocycles. The Bertz CT molecular complexity index is 1350. The molecule has 1 amide bonds. The highest BCUT2D eigenvalue weighted by Gasteiger charge is 2.36. The third-order valence-electron chi connectivity index (χ3n) is 6.97. The fourth-order valence-corrected chi connectivity index (χ4v) is 6.08. The number of aromatic nitrogens is 1. The van der Waals surface area contributed by atoms with E-state index in [0.717, 1.165) is 28.9 Å². The molecule has 1 atom stereocenters. The highest BCUT2D eigenvalue weighted by molar-refractivity contribution is 8.18. The van der Waals surface area contributed by atoms with Crippen LogP contribution >= 0.6 is 23.4 Å². The summed E-state index contributed by atoms with van der Waals surface area (Å²) >= 11 is 8.16. The van der Waals surface area contributed by atoms with Gasteiger partial charge in [0.2, 0.25) is 0 Å². The van der Waals surface area contributed by atoms with Gasteiger partial charge >= 0.3 is 0 Å². The second kappa shape index (κ2) is 9.75. The molecule has 2 aliphatic rings. The molecule has 184 valence electrons. The molecule has 1 fully saturated rings. The number of carbonyl (C=O) groups is 1. The van der Waals surface area contributed by atoms with Crippen molar-refractivity contribution in [2.75, 3.05) is 11.9 Å². The van der Waals surface area contributed by atoms with Gasteiger partial charge in [-0.1, -0.05) is 42.8 Å². The van der Waals surface area contributed by atoms with E-state index >= 15 is 0 Å². The second-order valence-electron chi connectivity index (χ2n) is 10.0. The summed E-state index contributed by atoms with van der Waals surface area (Å²) in [6, 6.07) is 17.7. The molecule has 0 N–H and O–H groups in total. The Morgan fingerprint density at radius 3 is 2.69 bits per heavy atom. The van der Waals surface area contributed by atoms with Crippen LogP contribution in [-0.2, 0) is 11.3 Å². The van der Waals surface area contributed by atoms with E-state index in [0.29, 0.717) is 27.6 Å². The quantitative estimate of drug-likeness (QED) is 0.342. The molecular formula is C29H29ClN4OS. The molecule has 0 aliphatic carbocycles. The number of hydrogen-bond acceptors (Lipinski definition) is 5. The SMILES string of the molecule is CC1CC(C)(C)N(C)c2cc(Cl)c(/C=C3/SC(=Nc4ccccc4)N(Cc4cccnc4)C3=O)cc21. The minimum atomic E-state index is -0.0846. The fourth-order valence-electron chi connectivity index (χ4n) is 4.87. The van der Waals surface area contributed by atoms with Crippen LogP contribution in [0.4, 0.5) is 11.4 Å². The van der Waals surface area contributed by atoms with Crippen molar-refractivity contribution in [1.82, 2.24) is 9.88 Å². The lowest BCUT2D eigenvalue weighted by Gasteiger charge is -2.45. The van der Waals surface area contributed by atoms with E-state index in [1.54, 1.807) is 17.3 Å². The number of carbonyl (C=O) groups excluding carboxylic acids is 1. The predicted octanol–water partition coefficient (Wildman–Crippen LogP) is 7.26. The number of aliphatic imine (C=N–C) groups is 1. The molecule has 1 saturated heterocycles. The average molecular weight is 517 g/mol. The van der Waals surface area contributed by atoms with Gasteiger partial charge in [0.1, 0.15) is 0 Å². The molecule has 36 heavy (non-hydrogen) atoms. The van der Waals surface area contributed by atoms with Gasteiger partial charge in [0.25, 0.3) is 5.91 Å². The van der Waals surface area contributed by atoms with Crippen LogP contribution in [0.2, 0.25) is 5.02 Å². The largest absolute Gasteiger partial charge is 0.369 e. The van der Waals surface area contributed by atoms with Crippen molar-refractivity contribution in [3.05, 3.63) is 93.6 Å². The van der Waals surface area contributed by atoms with Crippen molar-refractivity contribution in [2.45, 2.75) is 45.2 Å². The number of para-hydroxylation sites is 1. The number of rotatable bonds is 4. The second-order valence-corrected chi connectivity index (χ2v) is 11.4. The number of pyridine rings is 1. The van der Waals surface area contributed by atoms with Crippen LogP contribution in [0, 0.1) is 0 Å². The van der Waals surface area contributed by atoms with Crippen LogP contribution in [-0.4, -0.2) is 33.5 Å². The number of anilines is 1. The van der Waals surface area contributed by atoms with Crippen molar-refractivity contribution in [3.8, 4) is 0 Å². The van der Waals surface area contributed by atoms with Crippen LogP contribution in [0.3, 0.4) is 0 Å². The number of halogens is 1. The van der Waals surface area contributed by atoms with E-state index in [9.17, 15) is 4.79 Å². The predicted molar refractivity (Wildman–Crippen MR) is 151 cm³/mol. The Hall–Kier alpha value is -3.09. The number of nitrogens with zero attached hydrogens (tertiary/aromatic N) is 4. The zero-order valence-corrected chi connectivity index (χ0v) is 22.5. The summed E-state index contributed by atoms with van der Waals surface area (Å²) in [4.78, 5) is 27.2. The monoisotopic (exact) mass is 516 g/mol. The van der Waals surface area contributed by atoms with E-state index in [1.165, 1.54) is 17.3 Å². The van der Waals surface area contributed by atoms with Crippen molar-refractivity contribution in [2.24, 2.45) is 4.99 Å². The summed E-state index contributed by atoms with van der Waals surface area (Å²) in [5, 5.41) is 1.28. The number of thioether (sulfide) groups is 1. The Labute approximate surface area is 221 Å². The number of amides is 1. The summed E-state index contributed by atoms with van der Waals surface area (Å²) in [6.45, 7) is 7.18. The van der Waals surface area contributed by atoms with Crippen molar-refractivity contribution < 1.29 is 4.79 Å². The zero-order valence-electron chi connectivity index (χ0n) is 20.9. The molecule has 0 spiro atoms. The Morgan fingerprint density at radius 2 is 1.97 bits per heavy atom. The molecule has 7 heteroatoms. The molecule has 1 unspecified atom stereocenters. The van der Waals surface area contributed by atoms with Crippen LogP contribution in [0.15, 0.2) is 76.9 Å². The number of benzene rings is 2. The molecule has 2 aliphatic heterocycles. The third kappa shape index (κ3) is 4.80. The first-order valence-corrected chi connectivity index (χ1v) is 13.2. The number of amidine groups is 1. The molecule has 0 saturated carbocycles. The lowest BCUT2D eigenvalue weighted by molar-refractivity contribution is -0.122. The molecule has 5 nitrogen and oxygen atoms in total. The normalized spacial score (nSPS) is 21.4. The highest BCUT2D eigenvalue weighted by atomic mass is 35.5. The minimum absolute atomic E-state index is 0.0581. The maximum atomic E-state index is 13.6. The Morgan fingerprint density at radius 1 is 1.19 bits per heavy atom. The van der Waals surface area contributed by atoms with E-state index in [4.69, 9.17) is 16.6 Å². The summed E-state index contributed by atoms with van der Waals surface area (Å²) < 4.78 is 0. The standard InChI is InChI=1S/C29H29ClN4OS/c1-19-16-29(2,3)33(4)25-15-24(30)21(13-23(19)25)14-26-27(35)34(18-20-9-8-12-31-17-20)28(36-26)32-22-10-6-5-7-11-22/h5-15,17,19H,16,18H2,1-4H3/b26-14+,32-28?. The van der Waals surface area contributed by atoms with Gasteiger partial charge in [0.15, 0.2) is 5.17 Å². The summed E-state index contributed by atoms with van der Waals surface area (Å²) in [6.07, 6.45) is 6.46. The first kappa shape index (κ1) is 24.6. The average Bonchev–Trinajstić information content (AvgIpc) is 3.13. The van der Waals surface area contributed by atoms with Gasteiger partial charge in [-0.3, -0.25) is 14.7 Å². The number of fused-ring (bicyclic) bond motifs is 1. The first-order chi connectivity index (χ1) is 17.2. The third-order valence-corrected chi connectivity index (χ3v) is 8.31. The van der Waals surface area contributed by atoms with Gasteiger partial charge < -0.3 is 4.90 Å². The van der Waals surface area contributed by atoms with Gasteiger partial charge in [0, 0.05) is 35.7 Å². The maximum Gasteiger partial charge on any atom is 0.267 e. The van der Waals surface area contributed by atoms with Gasteiger partial charge in [-0.25, -0.2) is 4.99 Å². The minimum Gasteiger partial charge on any atom is -0.369 e. The Kier molecular flexibility index (Phi) is 6.66. The van der Waals surface area contributed by atoms with Gasteiger partial charge in [0.05, 0.1) is 17.1 Å². The molecule has 3 heterocycles. The van der Waals surface area contributed by atoms with Crippen LogP contribution in [0.25, 0.3) is 6.08 Å². The lowest BCUT2D eigenvalue weighted by Crippen LogP contribution is -2.45. The summed E-state index contributed by atoms with van der Waals surface area (Å²) in [5.74, 6) is 0.309. The molecule has 2 aromatic carbocycles. The smallest absolute Gasteiger partial charge is 0.267 e. The van der Waals surface area contributed by atoms with E-state index < -0.39 is 0 Å². The van der Waals surface area contributed by atoms with Gasteiger partial charge in [-0.2, -0.15) is 0 Å². The summed E-state index contributed by atoms with van der Waals surface area (Å²) in [5.41, 5.74) is 5.07. The van der Waals surface area contributed by atoms with Crippen LogP contribution in [0.1, 0.15) is 49.8 Å². The summed E-state index contributed by atoms with van der Waals surface area (Å²) in [7, 11) is 2.12. The topological polar surface area (TPSA) is 48.8 Å². The van der Waals surface area contributed by atoms with Crippen molar-refractivity contribution >= 4 is 51.9 Å². The maximum absolute atomic E-state index is 13.6. The van der Waals surface area contributed by atoms with E-state index in [1.807, 2.05) is 54.6 Å². The van der Waals surface area contributed by atoms with Gasteiger partial charge in [-0.05, 0) is 91.0 Å². The molecule has 0 bridgehead atoms. The van der Waals surface area contributed by atoms with Crippen molar-refractivity contribution in [3.63, 3.8) is 0 Å². The fraction of sp³-hybridized carbons (Fsp3) is 0.276.